The number of pyridine rings is 1. The average molecular weight is 233 g/mol. The Balaban J connectivity index is 2.53. The summed E-state index contributed by atoms with van der Waals surface area (Å²) in [6, 6.07) is 7.08. The summed E-state index contributed by atoms with van der Waals surface area (Å²) in [6.07, 6.45) is 0.929. The van der Waals surface area contributed by atoms with Crippen LogP contribution < -0.4 is 5.32 Å². The van der Waals surface area contributed by atoms with E-state index in [1.807, 2.05) is 13.0 Å². The Morgan fingerprint density at radius 2 is 2.41 bits per heavy atom. The van der Waals surface area contributed by atoms with Gasteiger partial charge < -0.3 is 10.4 Å². The molecule has 0 fully saturated rings. The minimum absolute atomic E-state index is 0.0695. The van der Waals surface area contributed by atoms with Crippen molar-refractivity contribution >= 4 is 11.8 Å². The van der Waals surface area contributed by atoms with E-state index in [4.69, 9.17) is 10.4 Å². The van der Waals surface area contributed by atoms with E-state index >= 15 is 0 Å². The maximum absolute atomic E-state index is 10.6. The lowest BCUT2D eigenvalue weighted by Gasteiger charge is -2.13. The van der Waals surface area contributed by atoms with E-state index in [1.165, 1.54) is 0 Å². The van der Waals surface area contributed by atoms with Crippen LogP contribution in [0.4, 0.5) is 5.82 Å². The Bertz CT molecular complexity index is 426. The van der Waals surface area contributed by atoms with Crippen molar-refractivity contribution in [2.45, 2.75) is 19.8 Å². The Morgan fingerprint density at radius 1 is 1.65 bits per heavy atom. The highest BCUT2D eigenvalue weighted by Crippen LogP contribution is 2.10. The fourth-order valence-electron chi connectivity index (χ4n) is 1.45. The predicted octanol–water partition coefficient (Wildman–Crippen LogP) is 1.87. The molecule has 0 amide bonds. The Morgan fingerprint density at radius 3 is 3.00 bits per heavy atom. The summed E-state index contributed by atoms with van der Waals surface area (Å²) in [5.74, 6) is -0.120. The zero-order valence-corrected chi connectivity index (χ0v) is 9.68. The maximum atomic E-state index is 10.6. The first-order chi connectivity index (χ1) is 8.15. The standard InChI is InChI=1S/C12H15N3O2/c1-2-9(6-12(16)17)8-14-11-5-3-4-10(7-13)15-11/h3-5,9H,2,6,8H2,1H3,(H,14,15)(H,16,17). The molecule has 5 heteroatoms. The van der Waals surface area contributed by atoms with E-state index < -0.39 is 5.97 Å². The monoisotopic (exact) mass is 233 g/mol. The van der Waals surface area contributed by atoms with Gasteiger partial charge in [0.2, 0.25) is 0 Å². The fraction of sp³-hybridized carbons (Fsp3) is 0.417. The summed E-state index contributed by atoms with van der Waals surface area (Å²) in [6.45, 7) is 2.50. The van der Waals surface area contributed by atoms with Gasteiger partial charge in [0.05, 0.1) is 0 Å². The molecule has 0 radical (unpaired) electrons. The summed E-state index contributed by atoms with van der Waals surface area (Å²) in [4.78, 5) is 14.7. The van der Waals surface area contributed by atoms with Crippen LogP contribution in [0.3, 0.4) is 0 Å². The van der Waals surface area contributed by atoms with Gasteiger partial charge in [0, 0.05) is 13.0 Å². The second-order valence-corrected chi connectivity index (χ2v) is 3.77. The molecule has 1 aromatic rings. The molecule has 1 atom stereocenters. The number of aliphatic carboxylic acids is 1. The lowest BCUT2D eigenvalue weighted by molar-refractivity contribution is -0.138. The lowest BCUT2D eigenvalue weighted by Crippen LogP contribution is -2.17. The van der Waals surface area contributed by atoms with Crippen molar-refractivity contribution < 1.29 is 9.90 Å². The lowest BCUT2D eigenvalue weighted by atomic mass is 10.0. The molecule has 1 rings (SSSR count). The van der Waals surface area contributed by atoms with Crippen LogP contribution in [0.15, 0.2) is 18.2 Å². The quantitative estimate of drug-likeness (QED) is 0.783. The minimum atomic E-state index is -0.794. The molecule has 5 nitrogen and oxygen atoms in total. The Hall–Kier alpha value is -2.09. The van der Waals surface area contributed by atoms with Gasteiger partial charge in [0.1, 0.15) is 17.6 Å². The van der Waals surface area contributed by atoms with E-state index in [0.29, 0.717) is 18.1 Å². The molecule has 2 N–H and O–H groups in total. The number of carboxylic acid groups (broad SMARTS) is 1. The molecule has 1 aromatic heterocycles. The molecule has 90 valence electrons. The van der Waals surface area contributed by atoms with Gasteiger partial charge in [-0.05, 0) is 18.1 Å². The molecule has 0 aliphatic heterocycles. The third-order valence-electron chi connectivity index (χ3n) is 2.48. The van der Waals surface area contributed by atoms with Gasteiger partial charge in [0.15, 0.2) is 0 Å². The van der Waals surface area contributed by atoms with Crippen LogP contribution >= 0.6 is 0 Å². The second kappa shape index (κ2) is 6.48. The summed E-state index contributed by atoms with van der Waals surface area (Å²) < 4.78 is 0. The molecule has 1 unspecified atom stereocenters. The molecule has 0 spiro atoms. The van der Waals surface area contributed by atoms with Crippen LogP contribution in [-0.2, 0) is 4.79 Å². The molecule has 0 aromatic carbocycles. The second-order valence-electron chi connectivity index (χ2n) is 3.77. The molecule has 17 heavy (non-hydrogen) atoms. The molecule has 1 heterocycles. The molecule has 0 bridgehead atoms. The van der Waals surface area contributed by atoms with E-state index in [2.05, 4.69) is 10.3 Å². The number of aromatic nitrogens is 1. The number of rotatable bonds is 6. The van der Waals surface area contributed by atoms with Gasteiger partial charge in [-0.2, -0.15) is 5.26 Å². The molecule has 0 saturated heterocycles. The smallest absolute Gasteiger partial charge is 0.303 e. The van der Waals surface area contributed by atoms with Crippen molar-refractivity contribution in [3.8, 4) is 6.07 Å². The number of hydrogen-bond donors (Lipinski definition) is 2. The van der Waals surface area contributed by atoms with E-state index in [0.717, 1.165) is 6.42 Å². The topological polar surface area (TPSA) is 86.0 Å². The third-order valence-corrected chi connectivity index (χ3v) is 2.48. The van der Waals surface area contributed by atoms with Crippen molar-refractivity contribution in [2.75, 3.05) is 11.9 Å². The first-order valence-corrected chi connectivity index (χ1v) is 5.48. The van der Waals surface area contributed by atoms with Gasteiger partial charge in [-0.3, -0.25) is 4.79 Å². The van der Waals surface area contributed by atoms with Crippen molar-refractivity contribution in [1.29, 1.82) is 5.26 Å². The third kappa shape index (κ3) is 4.51. The van der Waals surface area contributed by atoms with E-state index in [-0.39, 0.29) is 12.3 Å². The number of nitrogens with one attached hydrogen (secondary N) is 1. The van der Waals surface area contributed by atoms with Crippen LogP contribution in [0.1, 0.15) is 25.5 Å². The van der Waals surface area contributed by atoms with Crippen LogP contribution in [0.5, 0.6) is 0 Å². The zero-order valence-electron chi connectivity index (χ0n) is 9.68. The summed E-state index contributed by atoms with van der Waals surface area (Å²) in [5, 5.41) is 20.4. The average Bonchev–Trinajstić information content (AvgIpc) is 2.34. The summed E-state index contributed by atoms with van der Waals surface area (Å²) in [5.41, 5.74) is 0.348. The fourth-order valence-corrected chi connectivity index (χ4v) is 1.45. The van der Waals surface area contributed by atoms with Gasteiger partial charge >= 0.3 is 5.97 Å². The van der Waals surface area contributed by atoms with Crippen LogP contribution in [0, 0.1) is 17.2 Å². The predicted molar refractivity (Wildman–Crippen MR) is 63.5 cm³/mol. The van der Waals surface area contributed by atoms with Crippen LogP contribution in [-0.4, -0.2) is 22.6 Å². The van der Waals surface area contributed by atoms with E-state index in [1.54, 1.807) is 18.2 Å². The van der Waals surface area contributed by atoms with Gasteiger partial charge in [-0.25, -0.2) is 4.98 Å². The molecule has 0 saturated carbocycles. The number of anilines is 1. The van der Waals surface area contributed by atoms with E-state index in [9.17, 15) is 4.79 Å². The Labute approximate surface area is 100 Å². The molecular weight excluding hydrogens is 218 g/mol. The number of carbonyl (C=O) groups is 1. The molecule has 0 aliphatic rings. The highest BCUT2D eigenvalue weighted by Gasteiger charge is 2.11. The van der Waals surface area contributed by atoms with Gasteiger partial charge in [-0.15, -0.1) is 0 Å². The highest BCUT2D eigenvalue weighted by molar-refractivity contribution is 5.67. The van der Waals surface area contributed by atoms with Crippen LogP contribution in [0.2, 0.25) is 0 Å². The maximum Gasteiger partial charge on any atom is 0.303 e. The number of nitrogens with zero attached hydrogens (tertiary/aromatic N) is 2. The molecule has 0 aliphatic carbocycles. The van der Waals surface area contributed by atoms with Gasteiger partial charge in [0.25, 0.3) is 0 Å². The van der Waals surface area contributed by atoms with Gasteiger partial charge in [-0.1, -0.05) is 19.4 Å². The Kier molecular flexibility index (Phi) is 4.95. The summed E-state index contributed by atoms with van der Waals surface area (Å²) >= 11 is 0. The van der Waals surface area contributed by atoms with Crippen molar-refractivity contribution in [3.05, 3.63) is 23.9 Å². The first-order valence-electron chi connectivity index (χ1n) is 5.48. The minimum Gasteiger partial charge on any atom is -0.481 e. The number of carboxylic acids is 1. The molecular formula is C12H15N3O2. The normalized spacial score (nSPS) is 11.5. The zero-order chi connectivity index (χ0) is 12.7. The number of nitriles is 1. The highest BCUT2D eigenvalue weighted by atomic mass is 16.4. The summed E-state index contributed by atoms with van der Waals surface area (Å²) in [7, 11) is 0. The SMILES string of the molecule is CCC(CNc1cccc(C#N)n1)CC(=O)O. The van der Waals surface area contributed by atoms with Crippen LogP contribution in [0.25, 0.3) is 0 Å². The largest absolute Gasteiger partial charge is 0.481 e. The van der Waals surface area contributed by atoms with Crippen molar-refractivity contribution in [2.24, 2.45) is 5.92 Å². The number of hydrogen-bond acceptors (Lipinski definition) is 4. The van der Waals surface area contributed by atoms with Crippen molar-refractivity contribution in [3.63, 3.8) is 0 Å². The van der Waals surface area contributed by atoms with Crippen molar-refractivity contribution in [1.82, 2.24) is 4.98 Å². The first kappa shape index (κ1) is 13.0.